The lowest BCUT2D eigenvalue weighted by atomic mass is 9.97. The number of carbonyl (C=O) groups is 3. The Bertz CT molecular complexity index is 2380. The van der Waals surface area contributed by atoms with E-state index in [1.54, 1.807) is 12.1 Å². The smallest absolute Gasteiger partial charge is 0.336 e. The summed E-state index contributed by atoms with van der Waals surface area (Å²) in [6, 6.07) is 37.2. The topological polar surface area (TPSA) is 164 Å². The molecule has 0 aliphatic heterocycles. The predicted molar refractivity (Wildman–Crippen MR) is 211 cm³/mol. The van der Waals surface area contributed by atoms with Crippen LogP contribution in [0.1, 0.15) is 59.5 Å². The number of carboxylic acids is 2. The van der Waals surface area contributed by atoms with Crippen molar-refractivity contribution in [2.45, 2.75) is 18.9 Å². The number of carboxylic acid groups (broad SMARTS) is 2. The lowest BCUT2D eigenvalue weighted by Gasteiger charge is -2.25. The van der Waals surface area contributed by atoms with Crippen molar-refractivity contribution in [2.24, 2.45) is 0 Å². The number of aromatic carboxylic acids is 2. The largest absolute Gasteiger partial charge is 0.493 e. The quantitative estimate of drug-likeness (QED) is 0.0782. The molecule has 0 radical (unpaired) electrons. The van der Waals surface area contributed by atoms with Crippen LogP contribution in [0, 0.1) is 0 Å². The van der Waals surface area contributed by atoms with E-state index in [1.165, 1.54) is 36.4 Å². The minimum absolute atomic E-state index is 0.0307. The number of fused-ring (bicyclic) bond motifs is 1. The number of rotatable bonds is 17. The summed E-state index contributed by atoms with van der Waals surface area (Å²) in [7, 11) is -3.88. The molecular formula is C42H38ClN3O8S. The van der Waals surface area contributed by atoms with Crippen molar-refractivity contribution in [2.75, 3.05) is 25.4 Å². The van der Waals surface area contributed by atoms with Crippen molar-refractivity contribution >= 4 is 50.4 Å². The summed E-state index contributed by atoms with van der Waals surface area (Å²) in [5.41, 5.74) is 4.58. The van der Waals surface area contributed by atoms with E-state index in [1.807, 2.05) is 78.9 Å². The number of ether oxygens (including phenoxy) is 1. The molecule has 0 spiro atoms. The highest BCUT2D eigenvalue weighted by molar-refractivity contribution is 7.89. The molecule has 282 valence electrons. The van der Waals surface area contributed by atoms with Gasteiger partial charge in [0.25, 0.3) is 5.91 Å². The molecule has 0 saturated carbocycles. The maximum Gasteiger partial charge on any atom is 0.336 e. The fraction of sp³-hybridized carbons (Fsp3) is 0.167. The van der Waals surface area contributed by atoms with Gasteiger partial charge in [-0.15, -0.1) is 0 Å². The molecule has 13 heteroatoms. The average molecular weight is 780 g/mol. The molecule has 1 amide bonds. The molecule has 0 aliphatic rings. The maximum atomic E-state index is 13.2. The van der Waals surface area contributed by atoms with Gasteiger partial charge in [-0.2, -0.15) is 0 Å². The van der Waals surface area contributed by atoms with Crippen LogP contribution in [0.4, 0.5) is 0 Å². The molecule has 5 aromatic carbocycles. The fourth-order valence-electron chi connectivity index (χ4n) is 6.64. The van der Waals surface area contributed by atoms with Crippen LogP contribution in [0.2, 0.25) is 5.02 Å². The molecule has 0 fully saturated rings. The molecule has 0 aliphatic carbocycles. The van der Waals surface area contributed by atoms with E-state index >= 15 is 0 Å². The molecule has 11 nitrogen and oxygen atoms in total. The van der Waals surface area contributed by atoms with Crippen LogP contribution in [-0.2, 0) is 22.9 Å². The van der Waals surface area contributed by atoms with E-state index in [0.717, 1.165) is 33.3 Å². The summed E-state index contributed by atoms with van der Waals surface area (Å²) >= 11 is 6.64. The van der Waals surface area contributed by atoms with Crippen LogP contribution in [0.15, 0.2) is 127 Å². The predicted octanol–water partition coefficient (Wildman–Crippen LogP) is 6.84. The van der Waals surface area contributed by atoms with Gasteiger partial charge in [0.05, 0.1) is 40.6 Å². The SMILES string of the molecule is O=C(O)c1ccc(OCCc2c(CCNS(=O)(=O)CCNC(=O)c3ccccc3C(=O)O)n(C(c3ccccc3)c3ccccc3)c3cc(Cl)ccc23)cc1. The third kappa shape index (κ3) is 9.41. The first-order chi connectivity index (χ1) is 26.5. The third-order valence-electron chi connectivity index (χ3n) is 9.14. The Hall–Kier alpha value is -5.95. The van der Waals surface area contributed by atoms with Gasteiger partial charge in [0.15, 0.2) is 0 Å². The molecule has 0 unspecified atom stereocenters. The number of amides is 1. The minimum atomic E-state index is -3.88. The van der Waals surface area contributed by atoms with E-state index in [4.69, 9.17) is 16.3 Å². The zero-order valence-corrected chi connectivity index (χ0v) is 31.1. The van der Waals surface area contributed by atoms with Crippen LogP contribution < -0.4 is 14.8 Å². The Labute approximate surface area is 323 Å². The summed E-state index contributed by atoms with van der Waals surface area (Å²) in [6.07, 6.45) is 0.719. The molecule has 1 heterocycles. The summed E-state index contributed by atoms with van der Waals surface area (Å²) in [5.74, 6) is -2.90. The number of hydrogen-bond acceptors (Lipinski definition) is 6. The third-order valence-corrected chi connectivity index (χ3v) is 10.8. The van der Waals surface area contributed by atoms with Gasteiger partial charge in [-0.3, -0.25) is 4.79 Å². The van der Waals surface area contributed by atoms with Crippen LogP contribution in [0.25, 0.3) is 10.9 Å². The number of carbonyl (C=O) groups excluding carboxylic acids is 1. The summed E-state index contributed by atoms with van der Waals surface area (Å²) < 4.78 is 37.4. The Kier molecular flexibility index (Phi) is 12.3. The van der Waals surface area contributed by atoms with Crippen molar-refractivity contribution in [3.05, 3.63) is 171 Å². The van der Waals surface area contributed by atoms with E-state index in [2.05, 4.69) is 14.6 Å². The standard InChI is InChI=1S/C42H38ClN3O8S/c43-31-17-20-33-34(22-25-54-32-18-15-30(16-19-32)41(48)49)37(46(38(33)27-31)39(28-9-3-1-4-10-28)29-11-5-2-6-12-29)21-23-45-55(52,53)26-24-44-40(47)35-13-7-8-14-36(35)42(50)51/h1-20,27,39,45H,21-26H2,(H,44,47)(H,48,49)(H,50,51). The van der Waals surface area contributed by atoms with Crippen LogP contribution in [-0.4, -0.2) is 66.5 Å². The van der Waals surface area contributed by atoms with Crippen LogP contribution >= 0.6 is 11.6 Å². The number of nitrogens with one attached hydrogen (secondary N) is 2. The number of halogens is 1. The lowest BCUT2D eigenvalue weighted by Crippen LogP contribution is -2.36. The normalized spacial score (nSPS) is 11.5. The van der Waals surface area contributed by atoms with Gasteiger partial charge in [-0.1, -0.05) is 90.5 Å². The Balaban J connectivity index is 1.30. The monoisotopic (exact) mass is 779 g/mol. The van der Waals surface area contributed by atoms with Crippen LogP contribution in [0.3, 0.4) is 0 Å². The fourth-order valence-corrected chi connectivity index (χ4v) is 7.73. The van der Waals surface area contributed by atoms with E-state index in [0.29, 0.717) is 17.2 Å². The van der Waals surface area contributed by atoms with Gasteiger partial charge in [-0.05, 0) is 65.2 Å². The number of nitrogens with zero attached hydrogens (tertiary/aromatic N) is 1. The van der Waals surface area contributed by atoms with Gasteiger partial charge >= 0.3 is 11.9 Å². The Morgan fingerprint density at radius 3 is 1.96 bits per heavy atom. The van der Waals surface area contributed by atoms with E-state index < -0.39 is 33.6 Å². The second-order valence-corrected chi connectivity index (χ2v) is 15.0. The highest BCUT2D eigenvalue weighted by Gasteiger charge is 2.26. The van der Waals surface area contributed by atoms with Gasteiger partial charge in [0.2, 0.25) is 10.0 Å². The summed E-state index contributed by atoms with van der Waals surface area (Å²) in [5, 5.41) is 22.7. The molecule has 0 atom stereocenters. The van der Waals surface area contributed by atoms with Gasteiger partial charge in [0, 0.05) is 42.0 Å². The number of aromatic nitrogens is 1. The number of benzene rings is 5. The molecule has 1 aromatic heterocycles. The van der Waals surface area contributed by atoms with Crippen molar-refractivity contribution in [3.8, 4) is 5.75 Å². The van der Waals surface area contributed by atoms with E-state index in [9.17, 15) is 33.0 Å². The molecule has 0 bridgehead atoms. The lowest BCUT2D eigenvalue weighted by molar-refractivity contribution is 0.0684. The molecule has 6 rings (SSSR count). The summed E-state index contributed by atoms with van der Waals surface area (Å²) in [4.78, 5) is 35.6. The zero-order valence-electron chi connectivity index (χ0n) is 29.5. The second-order valence-electron chi connectivity index (χ2n) is 12.7. The Morgan fingerprint density at radius 2 is 1.35 bits per heavy atom. The molecule has 0 saturated heterocycles. The first-order valence-corrected chi connectivity index (χ1v) is 19.5. The van der Waals surface area contributed by atoms with Gasteiger partial charge in [0.1, 0.15) is 5.75 Å². The highest BCUT2D eigenvalue weighted by Crippen LogP contribution is 2.38. The molecule has 4 N–H and O–H groups in total. The van der Waals surface area contributed by atoms with Crippen LogP contribution in [0.5, 0.6) is 5.75 Å². The maximum absolute atomic E-state index is 13.2. The average Bonchev–Trinajstić information content (AvgIpc) is 3.47. The van der Waals surface area contributed by atoms with Crippen molar-refractivity contribution in [3.63, 3.8) is 0 Å². The molecule has 55 heavy (non-hydrogen) atoms. The number of sulfonamides is 1. The zero-order chi connectivity index (χ0) is 39.0. The van der Waals surface area contributed by atoms with Crippen molar-refractivity contribution < 1.29 is 37.8 Å². The molecule has 6 aromatic rings. The molecular weight excluding hydrogens is 742 g/mol. The van der Waals surface area contributed by atoms with Crippen molar-refractivity contribution in [1.82, 2.24) is 14.6 Å². The highest BCUT2D eigenvalue weighted by atomic mass is 35.5. The van der Waals surface area contributed by atoms with Crippen molar-refractivity contribution in [1.29, 1.82) is 0 Å². The first kappa shape index (κ1) is 38.8. The minimum Gasteiger partial charge on any atom is -0.493 e. The van der Waals surface area contributed by atoms with Gasteiger partial charge in [-0.25, -0.2) is 22.7 Å². The Morgan fingerprint density at radius 1 is 0.727 bits per heavy atom. The van der Waals surface area contributed by atoms with Gasteiger partial charge < -0.3 is 24.8 Å². The van der Waals surface area contributed by atoms with E-state index in [-0.39, 0.29) is 48.8 Å². The second kappa shape index (κ2) is 17.5. The summed E-state index contributed by atoms with van der Waals surface area (Å²) in [6.45, 7) is 0.0446. The number of hydrogen-bond donors (Lipinski definition) is 4. The first-order valence-electron chi connectivity index (χ1n) is 17.5.